The number of rotatable bonds is 5. The van der Waals surface area contributed by atoms with Gasteiger partial charge in [-0.15, -0.1) is 24.0 Å². The van der Waals surface area contributed by atoms with Crippen LogP contribution < -0.4 is 15.4 Å². The molecule has 2 fully saturated rings. The number of carbonyl (C=O) groups is 2. The number of nitrogens with one attached hydrogen (secondary N) is 2. The van der Waals surface area contributed by atoms with Crippen molar-refractivity contribution in [1.29, 1.82) is 0 Å². The van der Waals surface area contributed by atoms with Crippen molar-refractivity contribution in [3.63, 3.8) is 0 Å². The molecule has 1 aliphatic carbocycles. The number of hydrogen-bond donors (Lipinski definition) is 2. The lowest BCUT2D eigenvalue weighted by Crippen LogP contribution is -2.47. The number of guanidine groups is 1. The van der Waals surface area contributed by atoms with Crippen molar-refractivity contribution in [1.82, 2.24) is 15.5 Å². The predicted octanol–water partition coefficient (Wildman–Crippen LogP) is 3.54. The van der Waals surface area contributed by atoms with Crippen molar-refractivity contribution >= 4 is 41.8 Å². The summed E-state index contributed by atoms with van der Waals surface area (Å²) in [5.74, 6) is 1.51. The Hall–Kier alpha value is -1.84. The van der Waals surface area contributed by atoms with Gasteiger partial charge in [0.15, 0.2) is 5.96 Å². The number of halogens is 1. The Balaban J connectivity index is 0.00000272. The maximum Gasteiger partial charge on any atom is 0.229 e. The van der Waals surface area contributed by atoms with E-state index in [9.17, 15) is 9.59 Å². The normalized spacial score (nSPS) is 22.5. The van der Waals surface area contributed by atoms with Gasteiger partial charge in [0.2, 0.25) is 11.8 Å². The van der Waals surface area contributed by atoms with Gasteiger partial charge in [0.05, 0.1) is 12.6 Å². The van der Waals surface area contributed by atoms with E-state index < -0.39 is 0 Å². The topological polar surface area (TPSA) is 83.0 Å². The van der Waals surface area contributed by atoms with E-state index in [4.69, 9.17) is 4.74 Å². The van der Waals surface area contributed by atoms with E-state index >= 15 is 0 Å². The Morgan fingerprint density at radius 1 is 1.16 bits per heavy atom. The molecule has 0 aromatic heterocycles. The van der Waals surface area contributed by atoms with Gasteiger partial charge in [-0.05, 0) is 45.1 Å². The van der Waals surface area contributed by atoms with E-state index in [1.807, 2.05) is 19.1 Å². The molecule has 0 radical (unpaired) electrons. The Bertz CT molecular complexity index is 807. The second kappa shape index (κ2) is 10.7. The molecule has 3 aliphatic rings. The lowest BCUT2D eigenvalue weighted by atomic mass is 9.86. The van der Waals surface area contributed by atoms with Crippen LogP contribution in [0.5, 0.6) is 5.75 Å². The highest BCUT2D eigenvalue weighted by Gasteiger charge is 2.43. The molecule has 8 heteroatoms. The van der Waals surface area contributed by atoms with Crippen LogP contribution in [0.25, 0.3) is 0 Å². The minimum absolute atomic E-state index is 0. The van der Waals surface area contributed by atoms with Crippen LogP contribution in [0.1, 0.15) is 69.9 Å². The van der Waals surface area contributed by atoms with Gasteiger partial charge >= 0.3 is 0 Å². The van der Waals surface area contributed by atoms with Gasteiger partial charge in [-0.2, -0.15) is 0 Å². The molecule has 2 aliphatic heterocycles. The number of carbonyl (C=O) groups excluding carboxylic acids is 2. The molecule has 1 saturated carbocycles. The van der Waals surface area contributed by atoms with Crippen LogP contribution in [0, 0.1) is 0 Å². The number of fused-ring (bicyclic) bond motifs is 1. The minimum Gasteiger partial charge on any atom is -0.487 e. The maximum absolute atomic E-state index is 12.0. The number of nitrogens with zero attached hydrogens (tertiary/aromatic N) is 2. The molecule has 0 bridgehead atoms. The van der Waals surface area contributed by atoms with Gasteiger partial charge in [-0.1, -0.05) is 18.2 Å². The number of imide groups is 1. The van der Waals surface area contributed by atoms with Gasteiger partial charge < -0.3 is 15.4 Å². The van der Waals surface area contributed by atoms with E-state index in [1.165, 1.54) is 17.7 Å². The first-order valence-electron chi connectivity index (χ1n) is 11.3. The fraction of sp³-hybridized carbons (Fsp3) is 0.609. The molecular formula is C23H33IN4O3. The molecule has 1 saturated heterocycles. The first-order chi connectivity index (χ1) is 14.6. The Labute approximate surface area is 201 Å². The van der Waals surface area contributed by atoms with Gasteiger partial charge in [0.1, 0.15) is 11.4 Å². The van der Waals surface area contributed by atoms with Crippen molar-refractivity contribution in [3.8, 4) is 5.75 Å². The van der Waals surface area contributed by atoms with Crippen LogP contribution in [0.3, 0.4) is 0 Å². The molecule has 1 spiro atoms. The second-order valence-corrected chi connectivity index (χ2v) is 8.48. The first-order valence-corrected chi connectivity index (χ1v) is 11.3. The summed E-state index contributed by atoms with van der Waals surface area (Å²) in [5, 5.41) is 6.90. The highest BCUT2D eigenvalue weighted by atomic mass is 127. The minimum atomic E-state index is -0.0873. The van der Waals surface area contributed by atoms with Crippen LogP contribution in [-0.4, -0.2) is 47.9 Å². The second-order valence-electron chi connectivity index (χ2n) is 8.48. The average molecular weight is 540 g/mol. The molecule has 1 aromatic rings. The van der Waals surface area contributed by atoms with E-state index in [1.54, 1.807) is 0 Å². The quantitative estimate of drug-likeness (QED) is 0.259. The van der Waals surface area contributed by atoms with Crippen molar-refractivity contribution in [2.24, 2.45) is 4.99 Å². The molecule has 1 atom stereocenters. The fourth-order valence-corrected chi connectivity index (χ4v) is 4.87. The summed E-state index contributed by atoms with van der Waals surface area (Å²) >= 11 is 0. The Kier molecular flexibility index (Phi) is 8.18. The van der Waals surface area contributed by atoms with Gasteiger partial charge in [0, 0.05) is 37.9 Å². The zero-order valence-electron chi connectivity index (χ0n) is 18.2. The van der Waals surface area contributed by atoms with Crippen molar-refractivity contribution in [2.45, 2.75) is 69.9 Å². The third-order valence-electron chi connectivity index (χ3n) is 6.34. The molecular weight excluding hydrogens is 507 g/mol. The third-order valence-corrected chi connectivity index (χ3v) is 6.34. The molecule has 2 heterocycles. The number of likely N-dealkylation sites (tertiary alicyclic amines) is 1. The number of para-hydroxylation sites is 1. The van der Waals surface area contributed by atoms with Gasteiger partial charge in [-0.3, -0.25) is 19.5 Å². The van der Waals surface area contributed by atoms with Crippen molar-refractivity contribution in [2.75, 3.05) is 19.6 Å². The standard InChI is InChI=1S/C23H32N4O3.HI/c1-2-24-22(25-14-15-27-20(28)10-7-11-21(27)29)26-18-16-23(12-5-6-13-23)30-19-9-4-3-8-17(18)19;/h3-4,8-9,18H,2,5-7,10-16H2,1H3,(H2,24,25,26);1H. The van der Waals surface area contributed by atoms with Crippen LogP contribution in [0.4, 0.5) is 0 Å². The van der Waals surface area contributed by atoms with Crippen molar-refractivity contribution < 1.29 is 14.3 Å². The first kappa shape index (κ1) is 23.8. The van der Waals surface area contributed by atoms with Crippen LogP contribution in [0.2, 0.25) is 0 Å². The SMILES string of the molecule is CCNC(=NCCN1C(=O)CCCC1=O)NC1CC2(CCCC2)Oc2ccccc21.I. The molecule has 170 valence electrons. The number of benzene rings is 1. The van der Waals surface area contributed by atoms with Gasteiger partial charge in [0.25, 0.3) is 0 Å². The molecule has 31 heavy (non-hydrogen) atoms. The number of amides is 2. The number of piperidine rings is 1. The highest BCUT2D eigenvalue weighted by Crippen LogP contribution is 2.46. The largest absolute Gasteiger partial charge is 0.487 e. The molecule has 1 aromatic carbocycles. The van der Waals surface area contributed by atoms with Crippen LogP contribution in [-0.2, 0) is 9.59 Å². The number of aliphatic imine (C=N–C) groups is 1. The van der Waals surface area contributed by atoms with E-state index in [0.29, 0.717) is 38.3 Å². The van der Waals surface area contributed by atoms with E-state index in [-0.39, 0.29) is 47.4 Å². The number of hydrogen-bond acceptors (Lipinski definition) is 4. The highest BCUT2D eigenvalue weighted by molar-refractivity contribution is 14.0. The summed E-state index contributed by atoms with van der Waals surface area (Å²) in [5.41, 5.74) is 1.07. The lowest BCUT2D eigenvalue weighted by Gasteiger charge is -2.40. The maximum atomic E-state index is 12.0. The monoisotopic (exact) mass is 540 g/mol. The predicted molar refractivity (Wildman–Crippen MR) is 131 cm³/mol. The summed E-state index contributed by atoms with van der Waals surface area (Å²) in [6.07, 6.45) is 7.08. The Morgan fingerprint density at radius 2 is 1.87 bits per heavy atom. The Morgan fingerprint density at radius 3 is 2.58 bits per heavy atom. The zero-order chi connectivity index (χ0) is 21.0. The molecule has 2 N–H and O–H groups in total. The van der Waals surface area contributed by atoms with Gasteiger partial charge in [-0.25, -0.2) is 0 Å². The van der Waals surface area contributed by atoms with Crippen molar-refractivity contribution in [3.05, 3.63) is 29.8 Å². The molecule has 1 unspecified atom stereocenters. The van der Waals surface area contributed by atoms with E-state index in [0.717, 1.165) is 37.1 Å². The van der Waals surface area contributed by atoms with Crippen LogP contribution in [0.15, 0.2) is 29.3 Å². The smallest absolute Gasteiger partial charge is 0.229 e. The number of ether oxygens (including phenoxy) is 1. The zero-order valence-corrected chi connectivity index (χ0v) is 20.5. The summed E-state index contributed by atoms with van der Waals surface area (Å²) in [7, 11) is 0. The summed E-state index contributed by atoms with van der Waals surface area (Å²) in [4.78, 5) is 30.1. The average Bonchev–Trinajstić information content (AvgIpc) is 3.17. The summed E-state index contributed by atoms with van der Waals surface area (Å²) in [6.45, 7) is 3.50. The molecule has 4 rings (SSSR count). The third kappa shape index (κ3) is 5.51. The molecule has 7 nitrogen and oxygen atoms in total. The molecule has 2 amide bonds. The fourth-order valence-electron chi connectivity index (χ4n) is 4.87. The van der Waals surface area contributed by atoms with E-state index in [2.05, 4.69) is 27.8 Å². The summed E-state index contributed by atoms with van der Waals surface area (Å²) in [6, 6.07) is 8.35. The van der Waals surface area contributed by atoms with Crippen LogP contribution >= 0.6 is 24.0 Å². The summed E-state index contributed by atoms with van der Waals surface area (Å²) < 4.78 is 6.45. The lowest BCUT2D eigenvalue weighted by molar-refractivity contribution is -0.147.